The molecule has 0 aliphatic rings. The van der Waals surface area contributed by atoms with Crippen molar-refractivity contribution in [3.8, 4) is 11.5 Å². The molecule has 20 heavy (non-hydrogen) atoms. The largest absolute Gasteiger partial charge is 0.493 e. The van der Waals surface area contributed by atoms with Crippen LogP contribution in [0, 0.1) is 0 Å². The summed E-state index contributed by atoms with van der Waals surface area (Å²) in [5.41, 5.74) is 2.03. The monoisotopic (exact) mass is 418 g/mol. The van der Waals surface area contributed by atoms with Crippen LogP contribution in [-0.2, 0) is 11.9 Å². The van der Waals surface area contributed by atoms with Crippen LogP contribution >= 0.6 is 43.5 Å². The molecule has 0 bridgehead atoms. The van der Waals surface area contributed by atoms with E-state index < -0.39 is 0 Å². The summed E-state index contributed by atoms with van der Waals surface area (Å²) >= 11 is 13.0. The molecule has 5 heteroatoms. The third kappa shape index (κ3) is 3.68. The van der Waals surface area contributed by atoms with Crippen molar-refractivity contribution in [1.29, 1.82) is 0 Å². The van der Waals surface area contributed by atoms with Gasteiger partial charge in [-0.2, -0.15) is 0 Å². The van der Waals surface area contributed by atoms with Crippen LogP contribution in [0.2, 0.25) is 5.02 Å². The van der Waals surface area contributed by atoms with Gasteiger partial charge in [0.05, 0.1) is 7.11 Å². The van der Waals surface area contributed by atoms with Crippen molar-refractivity contribution in [2.24, 2.45) is 0 Å². The van der Waals surface area contributed by atoms with Crippen LogP contribution in [0.1, 0.15) is 11.1 Å². The summed E-state index contributed by atoms with van der Waals surface area (Å²) in [5.74, 6) is 1.35. The van der Waals surface area contributed by atoms with Gasteiger partial charge in [0.2, 0.25) is 0 Å². The average Bonchev–Trinajstić information content (AvgIpc) is 2.46. The Labute approximate surface area is 140 Å². The Morgan fingerprint density at radius 2 is 1.90 bits per heavy atom. The lowest BCUT2D eigenvalue weighted by Gasteiger charge is -2.15. The molecule has 2 aromatic carbocycles. The number of halogens is 3. The SMILES string of the molecule is COc1cc(Cl)cc(CBr)c1OCc1ccccc1Br. The second-order valence-corrected chi connectivity index (χ2v) is 5.96. The zero-order chi connectivity index (χ0) is 14.5. The molecule has 0 unspecified atom stereocenters. The molecule has 0 aliphatic heterocycles. The van der Waals surface area contributed by atoms with Gasteiger partial charge in [-0.15, -0.1) is 0 Å². The summed E-state index contributed by atoms with van der Waals surface area (Å²) in [6.07, 6.45) is 0. The number of hydrogen-bond donors (Lipinski definition) is 0. The van der Waals surface area contributed by atoms with Crippen molar-refractivity contribution in [2.75, 3.05) is 7.11 Å². The van der Waals surface area contributed by atoms with Gasteiger partial charge in [0.25, 0.3) is 0 Å². The van der Waals surface area contributed by atoms with E-state index in [2.05, 4.69) is 31.9 Å². The van der Waals surface area contributed by atoms with Gasteiger partial charge in [-0.25, -0.2) is 0 Å². The number of benzene rings is 2. The molecule has 2 nitrogen and oxygen atoms in total. The molecular formula is C15H13Br2ClO2. The Kier molecular flexibility index (Phi) is 5.75. The van der Waals surface area contributed by atoms with Crippen molar-refractivity contribution in [2.45, 2.75) is 11.9 Å². The van der Waals surface area contributed by atoms with Crippen molar-refractivity contribution in [3.05, 3.63) is 57.0 Å². The summed E-state index contributed by atoms with van der Waals surface area (Å²) in [4.78, 5) is 0. The average molecular weight is 421 g/mol. The Balaban J connectivity index is 2.27. The van der Waals surface area contributed by atoms with E-state index >= 15 is 0 Å². The lowest BCUT2D eigenvalue weighted by atomic mass is 10.2. The van der Waals surface area contributed by atoms with E-state index in [1.165, 1.54) is 0 Å². The number of rotatable bonds is 5. The molecule has 0 spiro atoms. The van der Waals surface area contributed by atoms with E-state index in [9.17, 15) is 0 Å². The fourth-order valence-corrected chi connectivity index (χ4v) is 2.85. The minimum absolute atomic E-state index is 0.458. The lowest BCUT2D eigenvalue weighted by Crippen LogP contribution is -2.01. The van der Waals surface area contributed by atoms with Gasteiger partial charge >= 0.3 is 0 Å². The smallest absolute Gasteiger partial charge is 0.165 e. The van der Waals surface area contributed by atoms with Gasteiger partial charge in [0, 0.05) is 32.0 Å². The van der Waals surface area contributed by atoms with Gasteiger partial charge in [0.15, 0.2) is 11.5 Å². The molecule has 0 aromatic heterocycles. The van der Waals surface area contributed by atoms with Gasteiger partial charge in [-0.05, 0) is 12.1 Å². The number of methoxy groups -OCH3 is 1. The number of hydrogen-bond acceptors (Lipinski definition) is 2. The maximum atomic E-state index is 6.06. The van der Waals surface area contributed by atoms with E-state index in [1.807, 2.05) is 30.3 Å². The molecule has 0 fully saturated rings. The molecule has 0 heterocycles. The Bertz CT molecular complexity index is 577. The molecule has 2 aromatic rings. The fourth-order valence-electron chi connectivity index (χ4n) is 1.80. The summed E-state index contributed by atoms with van der Waals surface area (Å²) < 4.78 is 12.3. The third-order valence-electron chi connectivity index (χ3n) is 2.79. The first-order chi connectivity index (χ1) is 9.65. The number of ether oxygens (including phenoxy) is 2. The van der Waals surface area contributed by atoms with Crippen molar-refractivity contribution >= 4 is 43.5 Å². The topological polar surface area (TPSA) is 18.5 Å². The standard InChI is InChI=1S/C15H13Br2ClO2/c1-19-14-7-12(18)6-11(8-16)15(14)20-9-10-4-2-3-5-13(10)17/h2-7H,8-9H2,1H3. The fraction of sp³-hybridized carbons (Fsp3) is 0.200. The van der Waals surface area contributed by atoms with E-state index in [1.54, 1.807) is 13.2 Å². The second kappa shape index (κ2) is 7.34. The van der Waals surface area contributed by atoms with Crippen LogP contribution < -0.4 is 9.47 Å². The van der Waals surface area contributed by atoms with Crippen LogP contribution in [0.25, 0.3) is 0 Å². The Morgan fingerprint density at radius 3 is 2.55 bits per heavy atom. The van der Waals surface area contributed by atoms with Gasteiger partial charge in [0.1, 0.15) is 6.61 Å². The highest BCUT2D eigenvalue weighted by Crippen LogP contribution is 2.36. The number of alkyl halides is 1. The minimum atomic E-state index is 0.458. The van der Waals surface area contributed by atoms with Crippen molar-refractivity contribution < 1.29 is 9.47 Å². The Hall–Kier alpha value is -0.710. The second-order valence-electron chi connectivity index (χ2n) is 4.11. The first kappa shape index (κ1) is 15.7. The zero-order valence-corrected chi connectivity index (χ0v) is 14.8. The van der Waals surface area contributed by atoms with Crippen LogP contribution in [0.4, 0.5) is 0 Å². The highest BCUT2D eigenvalue weighted by Gasteiger charge is 2.13. The highest BCUT2D eigenvalue weighted by atomic mass is 79.9. The minimum Gasteiger partial charge on any atom is -0.493 e. The maximum absolute atomic E-state index is 6.06. The van der Waals surface area contributed by atoms with Gasteiger partial charge < -0.3 is 9.47 Å². The van der Waals surface area contributed by atoms with Crippen molar-refractivity contribution in [1.82, 2.24) is 0 Å². The molecule has 106 valence electrons. The third-order valence-corrected chi connectivity index (χ3v) is 4.39. The van der Waals surface area contributed by atoms with Crippen LogP contribution in [0.15, 0.2) is 40.9 Å². The summed E-state index contributed by atoms with van der Waals surface area (Å²) in [5, 5.41) is 1.28. The van der Waals surface area contributed by atoms with Crippen LogP contribution in [0.3, 0.4) is 0 Å². The van der Waals surface area contributed by atoms with E-state index in [4.69, 9.17) is 21.1 Å². The molecule has 0 amide bonds. The quantitative estimate of drug-likeness (QED) is 0.588. The van der Waals surface area contributed by atoms with Crippen LogP contribution in [-0.4, -0.2) is 7.11 Å². The molecule has 2 rings (SSSR count). The molecule has 0 N–H and O–H groups in total. The molecule has 0 saturated carbocycles. The molecule has 0 aliphatic carbocycles. The molecule has 0 saturated heterocycles. The predicted molar refractivity (Wildman–Crippen MR) is 89.1 cm³/mol. The molecule has 0 radical (unpaired) electrons. The van der Waals surface area contributed by atoms with E-state index in [0.717, 1.165) is 15.6 Å². The van der Waals surface area contributed by atoms with Crippen molar-refractivity contribution in [3.63, 3.8) is 0 Å². The summed E-state index contributed by atoms with van der Waals surface area (Å²) in [6.45, 7) is 0.458. The van der Waals surface area contributed by atoms with E-state index in [0.29, 0.717) is 28.5 Å². The van der Waals surface area contributed by atoms with Crippen LogP contribution in [0.5, 0.6) is 11.5 Å². The first-order valence-electron chi connectivity index (χ1n) is 5.94. The lowest BCUT2D eigenvalue weighted by molar-refractivity contribution is 0.282. The highest BCUT2D eigenvalue weighted by molar-refractivity contribution is 9.10. The normalized spacial score (nSPS) is 10.4. The van der Waals surface area contributed by atoms with E-state index in [-0.39, 0.29) is 0 Å². The first-order valence-corrected chi connectivity index (χ1v) is 8.23. The molecule has 0 atom stereocenters. The summed E-state index contributed by atoms with van der Waals surface area (Å²) in [6, 6.07) is 11.6. The zero-order valence-electron chi connectivity index (χ0n) is 10.8. The summed E-state index contributed by atoms with van der Waals surface area (Å²) in [7, 11) is 1.61. The Morgan fingerprint density at radius 1 is 1.15 bits per heavy atom. The molecular weight excluding hydrogens is 407 g/mol. The van der Waals surface area contributed by atoms with Gasteiger partial charge in [-0.3, -0.25) is 0 Å². The maximum Gasteiger partial charge on any atom is 0.165 e. The van der Waals surface area contributed by atoms with Gasteiger partial charge in [-0.1, -0.05) is 61.7 Å². The predicted octanol–water partition coefficient (Wildman–Crippen LogP) is 5.59.